The lowest BCUT2D eigenvalue weighted by molar-refractivity contribution is -0.143. The molecule has 2 aromatic rings. The second kappa shape index (κ2) is 8.38. The molecule has 1 N–H and O–H groups in total. The van der Waals surface area contributed by atoms with Crippen LogP contribution in [0.3, 0.4) is 0 Å². The largest absolute Gasteiger partial charge is 0.508 e. The molecule has 1 amide bonds. The molecule has 138 valence electrons. The number of carbonyl (C=O) groups excluding carboxylic acids is 2. The van der Waals surface area contributed by atoms with Gasteiger partial charge in [0.05, 0.1) is 0 Å². The van der Waals surface area contributed by atoms with E-state index in [9.17, 15) is 14.7 Å². The van der Waals surface area contributed by atoms with Crippen LogP contribution in [0.25, 0.3) is 0 Å². The molecule has 0 spiro atoms. The first-order valence-corrected chi connectivity index (χ1v) is 8.24. The van der Waals surface area contributed by atoms with Crippen molar-refractivity contribution in [2.24, 2.45) is 0 Å². The van der Waals surface area contributed by atoms with Crippen LogP contribution in [0.1, 0.15) is 26.3 Å². The summed E-state index contributed by atoms with van der Waals surface area (Å²) in [5.74, 6) is -0.502. The van der Waals surface area contributed by atoms with Gasteiger partial charge in [-0.3, -0.25) is 9.69 Å². The number of ether oxygens (including phenoxy) is 2. The molecule has 26 heavy (non-hydrogen) atoms. The van der Waals surface area contributed by atoms with Gasteiger partial charge in [0.25, 0.3) is 0 Å². The van der Waals surface area contributed by atoms with Gasteiger partial charge in [-0.15, -0.1) is 0 Å². The van der Waals surface area contributed by atoms with Crippen molar-refractivity contribution in [1.29, 1.82) is 0 Å². The van der Waals surface area contributed by atoms with Crippen molar-refractivity contribution in [1.82, 2.24) is 0 Å². The Labute approximate surface area is 153 Å². The van der Waals surface area contributed by atoms with Gasteiger partial charge in [0.1, 0.15) is 24.5 Å². The lowest BCUT2D eigenvalue weighted by Gasteiger charge is -2.27. The van der Waals surface area contributed by atoms with Crippen molar-refractivity contribution < 1.29 is 24.2 Å². The molecule has 0 aliphatic heterocycles. The van der Waals surface area contributed by atoms with Crippen LogP contribution in [-0.2, 0) is 20.9 Å². The maximum absolute atomic E-state index is 12.5. The zero-order valence-corrected chi connectivity index (χ0v) is 15.1. The van der Waals surface area contributed by atoms with Crippen molar-refractivity contribution in [2.75, 3.05) is 11.4 Å². The summed E-state index contributed by atoms with van der Waals surface area (Å²) in [5, 5.41) is 9.43. The number of nitrogens with zero attached hydrogens (tertiary/aromatic N) is 1. The molecule has 0 atom stereocenters. The molecule has 0 saturated heterocycles. The van der Waals surface area contributed by atoms with Gasteiger partial charge in [-0.05, 0) is 50.6 Å². The number of rotatable bonds is 5. The van der Waals surface area contributed by atoms with Gasteiger partial charge in [-0.1, -0.05) is 30.3 Å². The van der Waals surface area contributed by atoms with Gasteiger partial charge in [-0.2, -0.15) is 0 Å². The maximum Gasteiger partial charge on any atom is 0.415 e. The Hall–Kier alpha value is -3.02. The minimum absolute atomic E-state index is 0.0598. The van der Waals surface area contributed by atoms with E-state index in [1.165, 1.54) is 29.2 Å². The SMILES string of the molecule is CC(C)(C)OC(=O)N(CC(=O)OCc1ccccc1)c1ccc(O)cc1. The quantitative estimate of drug-likeness (QED) is 0.822. The standard InChI is InChI=1S/C20H23NO5/c1-20(2,3)26-19(24)21(16-9-11-17(22)12-10-16)13-18(23)25-14-15-7-5-4-6-8-15/h4-12,22H,13-14H2,1-3H3. The van der Waals surface area contributed by atoms with Gasteiger partial charge >= 0.3 is 12.1 Å². The average Bonchev–Trinajstić information content (AvgIpc) is 2.58. The van der Waals surface area contributed by atoms with E-state index in [0.29, 0.717) is 5.69 Å². The molecule has 0 aliphatic carbocycles. The highest BCUT2D eigenvalue weighted by atomic mass is 16.6. The number of hydrogen-bond donors (Lipinski definition) is 1. The van der Waals surface area contributed by atoms with E-state index < -0.39 is 17.7 Å². The molecule has 0 heterocycles. The minimum Gasteiger partial charge on any atom is -0.508 e. The zero-order valence-electron chi connectivity index (χ0n) is 15.1. The maximum atomic E-state index is 12.5. The predicted octanol–water partition coefficient (Wildman–Crippen LogP) is 3.88. The number of aromatic hydroxyl groups is 1. The van der Waals surface area contributed by atoms with Crippen LogP contribution in [0.2, 0.25) is 0 Å². The number of amides is 1. The minimum atomic E-state index is -0.708. The molecular formula is C20H23NO5. The first-order chi connectivity index (χ1) is 12.2. The second-order valence-corrected chi connectivity index (χ2v) is 6.73. The van der Waals surface area contributed by atoms with E-state index in [4.69, 9.17) is 9.47 Å². The third kappa shape index (κ3) is 6.12. The smallest absolute Gasteiger partial charge is 0.415 e. The summed E-state index contributed by atoms with van der Waals surface area (Å²) >= 11 is 0. The van der Waals surface area contributed by atoms with Gasteiger partial charge in [0.2, 0.25) is 0 Å². The number of carbonyl (C=O) groups is 2. The molecule has 2 aromatic carbocycles. The molecule has 6 nitrogen and oxygen atoms in total. The van der Waals surface area contributed by atoms with E-state index in [2.05, 4.69) is 0 Å². The molecule has 0 radical (unpaired) electrons. The van der Waals surface area contributed by atoms with Crippen LogP contribution in [-0.4, -0.2) is 29.3 Å². The Morgan fingerprint density at radius 1 is 1.00 bits per heavy atom. The monoisotopic (exact) mass is 357 g/mol. The fraction of sp³-hybridized carbons (Fsp3) is 0.300. The number of hydrogen-bond acceptors (Lipinski definition) is 5. The summed E-state index contributed by atoms with van der Waals surface area (Å²) in [7, 11) is 0. The third-order valence-electron chi connectivity index (χ3n) is 3.31. The molecule has 2 rings (SSSR count). The first-order valence-electron chi connectivity index (χ1n) is 8.24. The number of phenolic OH excluding ortho intramolecular Hbond substituents is 1. The Balaban J connectivity index is 2.08. The second-order valence-electron chi connectivity index (χ2n) is 6.73. The molecule has 0 bridgehead atoms. The summed E-state index contributed by atoms with van der Waals surface area (Å²) < 4.78 is 10.6. The third-order valence-corrected chi connectivity index (χ3v) is 3.31. The van der Waals surface area contributed by atoms with Crippen LogP contribution < -0.4 is 4.90 Å². The number of phenols is 1. The van der Waals surface area contributed by atoms with Crippen LogP contribution in [0.15, 0.2) is 54.6 Å². The Bertz CT molecular complexity index is 735. The number of benzene rings is 2. The summed E-state index contributed by atoms with van der Waals surface area (Å²) in [5.41, 5.74) is 0.572. The van der Waals surface area contributed by atoms with E-state index in [-0.39, 0.29) is 18.9 Å². The molecule has 0 fully saturated rings. The van der Waals surface area contributed by atoms with E-state index in [0.717, 1.165) is 5.56 Å². The highest BCUT2D eigenvalue weighted by molar-refractivity contribution is 5.93. The van der Waals surface area contributed by atoms with Crippen molar-refractivity contribution in [3.05, 3.63) is 60.2 Å². The average molecular weight is 357 g/mol. The van der Waals surface area contributed by atoms with Crippen molar-refractivity contribution in [3.63, 3.8) is 0 Å². The normalized spacial score (nSPS) is 10.9. The lowest BCUT2D eigenvalue weighted by atomic mass is 10.2. The van der Waals surface area contributed by atoms with Crippen molar-refractivity contribution in [3.8, 4) is 5.75 Å². The zero-order chi connectivity index (χ0) is 19.2. The molecule has 0 unspecified atom stereocenters. The van der Waals surface area contributed by atoms with Crippen molar-refractivity contribution in [2.45, 2.75) is 33.0 Å². The topological polar surface area (TPSA) is 76.1 Å². The molecule has 0 aromatic heterocycles. The van der Waals surface area contributed by atoms with Gasteiger partial charge in [0, 0.05) is 5.69 Å². The fourth-order valence-corrected chi connectivity index (χ4v) is 2.12. The van der Waals surface area contributed by atoms with Crippen LogP contribution in [0.5, 0.6) is 5.75 Å². The van der Waals surface area contributed by atoms with Crippen LogP contribution >= 0.6 is 0 Å². The van der Waals surface area contributed by atoms with E-state index in [1.54, 1.807) is 20.8 Å². The van der Waals surface area contributed by atoms with Crippen LogP contribution in [0.4, 0.5) is 10.5 Å². The lowest BCUT2D eigenvalue weighted by Crippen LogP contribution is -2.40. The molecule has 0 saturated carbocycles. The summed E-state index contributed by atoms with van der Waals surface area (Å²) in [6.07, 6.45) is -0.667. The Morgan fingerprint density at radius 2 is 1.62 bits per heavy atom. The van der Waals surface area contributed by atoms with Gasteiger partial charge in [0.15, 0.2) is 0 Å². The number of esters is 1. The molecule has 0 aliphatic rings. The van der Waals surface area contributed by atoms with E-state index >= 15 is 0 Å². The van der Waals surface area contributed by atoms with E-state index in [1.807, 2.05) is 30.3 Å². The summed E-state index contributed by atoms with van der Waals surface area (Å²) in [4.78, 5) is 25.9. The number of anilines is 1. The molecular weight excluding hydrogens is 334 g/mol. The van der Waals surface area contributed by atoms with Crippen LogP contribution in [0, 0.1) is 0 Å². The fourth-order valence-electron chi connectivity index (χ4n) is 2.12. The summed E-state index contributed by atoms with van der Waals surface area (Å²) in [6, 6.07) is 15.2. The van der Waals surface area contributed by atoms with Gasteiger partial charge in [-0.25, -0.2) is 4.79 Å². The predicted molar refractivity (Wildman–Crippen MR) is 97.9 cm³/mol. The summed E-state index contributed by atoms with van der Waals surface area (Å²) in [6.45, 7) is 5.05. The molecule has 6 heteroatoms. The first kappa shape index (κ1) is 19.3. The Kier molecular flexibility index (Phi) is 6.22. The van der Waals surface area contributed by atoms with Gasteiger partial charge < -0.3 is 14.6 Å². The highest BCUT2D eigenvalue weighted by Gasteiger charge is 2.26. The Morgan fingerprint density at radius 3 is 2.19 bits per heavy atom. The highest BCUT2D eigenvalue weighted by Crippen LogP contribution is 2.21. The van der Waals surface area contributed by atoms with Crippen molar-refractivity contribution >= 4 is 17.7 Å².